The van der Waals surface area contributed by atoms with Gasteiger partial charge in [-0.15, -0.1) is 11.3 Å². The fraction of sp³-hybridized carbons (Fsp3) is 0.333. The molecule has 0 aliphatic carbocycles. The highest BCUT2D eigenvalue weighted by molar-refractivity contribution is 7.09. The van der Waals surface area contributed by atoms with Crippen LogP contribution in [0.3, 0.4) is 0 Å². The topological polar surface area (TPSA) is 59.2 Å². The zero-order valence-electron chi connectivity index (χ0n) is 11.6. The number of aromatic nitrogens is 1. The van der Waals surface area contributed by atoms with E-state index in [1.807, 2.05) is 30.6 Å². The first-order chi connectivity index (χ1) is 9.70. The molecule has 1 aromatic carbocycles. The van der Waals surface area contributed by atoms with Gasteiger partial charge in [0.2, 0.25) is 0 Å². The summed E-state index contributed by atoms with van der Waals surface area (Å²) in [4.78, 5) is 18.3. The third-order valence-electron chi connectivity index (χ3n) is 3.05. The molecule has 2 rings (SSSR count). The molecule has 2 N–H and O–H groups in total. The van der Waals surface area contributed by atoms with Crippen molar-refractivity contribution in [1.82, 2.24) is 9.88 Å². The third kappa shape index (κ3) is 3.88. The maximum atomic E-state index is 12.2. The fourth-order valence-electron chi connectivity index (χ4n) is 1.89. The van der Waals surface area contributed by atoms with Crippen LogP contribution in [0.2, 0.25) is 0 Å². The molecule has 4 nitrogen and oxygen atoms in total. The molecule has 0 aliphatic heterocycles. The zero-order valence-corrected chi connectivity index (χ0v) is 12.4. The average molecular weight is 289 g/mol. The number of amides is 1. The molecule has 1 amide bonds. The number of hydrogen-bond acceptors (Lipinski definition) is 4. The number of benzene rings is 1. The number of nitrogens with zero attached hydrogens (tertiary/aromatic N) is 2. The highest BCUT2D eigenvalue weighted by Crippen LogP contribution is 2.12. The van der Waals surface area contributed by atoms with E-state index < -0.39 is 0 Å². The average Bonchev–Trinajstić information content (AvgIpc) is 2.94. The van der Waals surface area contributed by atoms with Gasteiger partial charge in [-0.25, -0.2) is 4.98 Å². The number of rotatable bonds is 6. The first-order valence-corrected chi connectivity index (χ1v) is 7.52. The summed E-state index contributed by atoms with van der Waals surface area (Å²) in [6.07, 6.45) is 1.58. The Morgan fingerprint density at radius 1 is 1.30 bits per heavy atom. The van der Waals surface area contributed by atoms with Crippen molar-refractivity contribution in [2.45, 2.75) is 12.8 Å². The minimum atomic E-state index is -0.0274. The molecule has 20 heavy (non-hydrogen) atoms. The number of carbonyl (C=O) groups excluding carboxylic acids is 1. The lowest BCUT2D eigenvalue weighted by Gasteiger charge is -2.15. The van der Waals surface area contributed by atoms with Gasteiger partial charge in [0.05, 0.1) is 5.01 Å². The lowest BCUT2D eigenvalue weighted by atomic mass is 10.1. The lowest BCUT2D eigenvalue weighted by molar-refractivity contribution is 0.0791. The van der Waals surface area contributed by atoms with Crippen LogP contribution in [0.15, 0.2) is 35.7 Å². The first kappa shape index (κ1) is 14.7. The smallest absolute Gasteiger partial charge is 0.273 e. The molecule has 0 bridgehead atoms. The highest BCUT2D eigenvalue weighted by atomic mass is 32.1. The monoisotopic (exact) mass is 289 g/mol. The van der Waals surface area contributed by atoms with E-state index in [4.69, 9.17) is 5.73 Å². The van der Waals surface area contributed by atoms with Gasteiger partial charge >= 0.3 is 0 Å². The normalized spacial score (nSPS) is 10.5. The molecule has 0 unspecified atom stereocenters. The largest absolute Gasteiger partial charge is 0.340 e. The van der Waals surface area contributed by atoms with Crippen molar-refractivity contribution in [2.75, 3.05) is 20.1 Å². The molecule has 0 saturated carbocycles. The summed E-state index contributed by atoms with van der Waals surface area (Å²) in [5, 5.41) is 2.74. The van der Waals surface area contributed by atoms with Crippen LogP contribution in [0.5, 0.6) is 0 Å². The fourth-order valence-corrected chi connectivity index (χ4v) is 2.67. The van der Waals surface area contributed by atoms with Gasteiger partial charge in [0.25, 0.3) is 5.91 Å². The van der Waals surface area contributed by atoms with E-state index in [9.17, 15) is 4.79 Å². The van der Waals surface area contributed by atoms with Crippen LogP contribution in [0.1, 0.15) is 21.1 Å². The molecular weight excluding hydrogens is 270 g/mol. The van der Waals surface area contributed by atoms with Crippen molar-refractivity contribution >= 4 is 17.2 Å². The van der Waals surface area contributed by atoms with Crippen molar-refractivity contribution in [3.05, 3.63) is 52.0 Å². The van der Waals surface area contributed by atoms with E-state index in [-0.39, 0.29) is 5.91 Å². The van der Waals surface area contributed by atoms with Gasteiger partial charge in [-0.2, -0.15) is 0 Å². The summed E-state index contributed by atoms with van der Waals surface area (Å²) in [7, 11) is 1.81. The number of thiazole rings is 1. The third-order valence-corrected chi connectivity index (χ3v) is 3.96. The van der Waals surface area contributed by atoms with Crippen LogP contribution in [0, 0.1) is 0 Å². The summed E-state index contributed by atoms with van der Waals surface area (Å²) in [6, 6.07) is 10.2. The van der Waals surface area contributed by atoms with Crippen molar-refractivity contribution in [2.24, 2.45) is 5.73 Å². The highest BCUT2D eigenvalue weighted by Gasteiger charge is 2.15. The predicted octanol–water partition coefficient (Wildman–Crippen LogP) is 1.96. The number of carbonyl (C=O) groups is 1. The maximum Gasteiger partial charge on any atom is 0.273 e. The molecule has 0 atom stereocenters. The Morgan fingerprint density at radius 3 is 2.75 bits per heavy atom. The molecule has 1 aromatic heterocycles. The Bertz CT molecular complexity index is 553. The Morgan fingerprint density at radius 2 is 2.05 bits per heavy atom. The van der Waals surface area contributed by atoms with Gasteiger partial charge in [-0.05, 0) is 18.5 Å². The Balaban J connectivity index is 1.91. The van der Waals surface area contributed by atoms with Gasteiger partial charge in [0.15, 0.2) is 0 Å². The minimum absolute atomic E-state index is 0.0274. The van der Waals surface area contributed by atoms with Crippen LogP contribution < -0.4 is 5.73 Å². The van der Waals surface area contributed by atoms with Gasteiger partial charge in [0.1, 0.15) is 5.69 Å². The summed E-state index contributed by atoms with van der Waals surface area (Å²) in [6.45, 7) is 1.25. The Hall–Kier alpha value is -1.72. The quantitative estimate of drug-likeness (QED) is 0.884. The van der Waals surface area contributed by atoms with Crippen molar-refractivity contribution in [1.29, 1.82) is 0 Å². The minimum Gasteiger partial charge on any atom is -0.340 e. The summed E-state index contributed by atoms with van der Waals surface area (Å²) in [5.41, 5.74) is 7.24. The Labute approximate surface area is 123 Å². The van der Waals surface area contributed by atoms with Crippen LogP contribution in [-0.4, -0.2) is 35.9 Å². The van der Waals surface area contributed by atoms with Gasteiger partial charge < -0.3 is 10.6 Å². The van der Waals surface area contributed by atoms with Gasteiger partial charge in [0, 0.05) is 25.4 Å². The molecular formula is C15H19N3OS. The van der Waals surface area contributed by atoms with Crippen LogP contribution in [-0.2, 0) is 12.8 Å². The van der Waals surface area contributed by atoms with Crippen molar-refractivity contribution in [3.8, 4) is 0 Å². The number of nitrogens with two attached hydrogens (primary N) is 1. The molecule has 5 heteroatoms. The second-order valence-electron chi connectivity index (χ2n) is 4.63. The molecule has 2 aromatic rings. The molecule has 0 radical (unpaired) electrons. The first-order valence-electron chi connectivity index (χ1n) is 6.64. The molecule has 0 spiro atoms. The van der Waals surface area contributed by atoms with E-state index in [0.29, 0.717) is 18.8 Å². The molecule has 0 aliphatic rings. The molecule has 1 heterocycles. The Kier molecular flexibility index (Phi) is 5.26. The van der Waals surface area contributed by atoms with E-state index in [0.717, 1.165) is 17.8 Å². The van der Waals surface area contributed by atoms with Gasteiger partial charge in [-0.3, -0.25) is 4.79 Å². The lowest BCUT2D eigenvalue weighted by Crippen LogP contribution is -2.29. The standard InChI is InChI=1S/C15H19N3OS/c1-18(10-8-12-5-3-2-4-6-12)15(19)13-11-20-14(17-13)7-9-16/h2-6,11H,7-10,16H2,1H3. The zero-order chi connectivity index (χ0) is 14.4. The second-order valence-corrected chi connectivity index (χ2v) is 5.57. The second kappa shape index (κ2) is 7.17. The summed E-state index contributed by atoms with van der Waals surface area (Å²) < 4.78 is 0. The van der Waals surface area contributed by atoms with Crippen LogP contribution in [0.4, 0.5) is 0 Å². The molecule has 0 fully saturated rings. The number of hydrogen-bond donors (Lipinski definition) is 1. The maximum absolute atomic E-state index is 12.2. The van der Waals surface area contributed by atoms with Crippen molar-refractivity contribution in [3.63, 3.8) is 0 Å². The summed E-state index contributed by atoms with van der Waals surface area (Å²) >= 11 is 1.50. The SMILES string of the molecule is CN(CCc1ccccc1)C(=O)c1csc(CCN)n1. The van der Waals surface area contributed by atoms with E-state index >= 15 is 0 Å². The molecule has 106 valence electrons. The summed E-state index contributed by atoms with van der Waals surface area (Å²) in [5.74, 6) is -0.0274. The molecule has 0 saturated heterocycles. The van der Waals surface area contributed by atoms with E-state index in [2.05, 4.69) is 17.1 Å². The van der Waals surface area contributed by atoms with Crippen LogP contribution >= 0.6 is 11.3 Å². The van der Waals surface area contributed by atoms with Crippen LogP contribution in [0.25, 0.3) is 0 Å². The van der Waals surface area contributed by atoms with Gasteiger partial charge in [-0.1, -0.05) is 30.3 Å². The number of likely N-dealkylation sites (N-methyl/N-ethyl adjacent to an activating group) is 1. The van der Waals surface area contributed by atoms with Crippen molar-refractivity contribution < 1.29 is 4.79 Å². The van der Waals surface area contributed by atoms with E-state index in [1.165, 1.54) is 16.9 Å². The predicted molar refractivity (Wildman–Crippen MR) is 82.0 cm³/mol. The van der Waals surface area contributed by atoms with E-state index in [1.54, 1.807) is 4.90 Å².